The summed E-state index contributed by atoms with van der Waals surface area (Å²) in [6.07, 6.45) is 8.08. The Balaban J connectivity index is 1.67. The van der Waals surface area contributed by atoms with Crippen LogP contribution in [-0.4, -0.2) is 41.1 Å². The highest BCUT2D eigenvalue weighted by atomic mass is 15.1. The summed E-state index contributed by atoms with van der Waals surface area (Å²) >= 11 is 0. The van der Waals surface area contributed by atoms with Crippen molar-refractivity contribution in [2.24, 2.45) is 0 Å². The van der Waals surface area contributed by atoms with Crippen molar-refractivity contribution in [3.8, 4) is 0 Å². The molecular weight excluding hydrogens is 200 g/mol. The minimum atomic E-state index is 0.860. The SMILES string of the molecule is CNCc1cn(CCCN2CCCC2)cn1. The fourth-order valence-electron chi connectivity index (χ4n) is 2.28. The second kappa shape index (κ2) is 6.01. The zero-order valence-electron chi connectivity index (χ0n) is 10.2. The van der Waals surface area contributed by atoms with E-state index in [4.69, 9.17) is 0 Å². The highest BCUT2D eigenvalue weighted by Gasteiger charge is 2.10. The van der Waals surface area contributed by atoms with Gasteiger partial charge < -0.3 is 14.8 Å². The average Bonchev–Trinajstić information content (AvgIpc) is 2.90. The van der Waals surface area contributed by atoms with Crippen LogP contribution >= 0.6 is 0 Å². The molecule has 1 fully saturated rings. The summed E-state index contributed by atoms with van der Waals surface area (Å²) < 4.78 is 2.20. The number of nitrogens with zero attached hydrogens (tertiary/aromatic N) is 3. The van der Waals surface area contributed by atoms with Gasteiger partial charge in [0.05, 0.1) is 12.0 Å². The summed E-state index contributed by atoms with van der Waals surface area (Å²) in [5, 5.41) is 3.11. The van der Waals surface area contributed by atoms with Gasteiger partial charge in [-0.25, -0.2) is 4.98 Å². The molecule has 4 nitrogen and oxygen atoms in total. The molecule has 1 N–H and O–H groups in total. The van der Waals surface area contributed by atoms with Crippen molar-refractivity contribution in [2.75, 3.05) is 26.7 Å². The standard InChI is InChI=1S/C12H22N4/c1-13-9-12-10-16(11-14-12)8-4-7-15-5-2-3-6-15/h10-11,13H,2-9H2,1H3. The molecule has 16 heavy (non-hydrogen) atoms. The van der Waals surface area contributed by atoms with Crippen LogP contribution in [0.15, 0.2) is 12.5 Å². The first-order valence-electron chi connectivity index (χ1n) is 6.26. The molecule has 1 aliphatic heterocycles. The Morgan fingerprint density at radius 1 is 1.31 bits per heavy atom. The lowest BCUT2D eigenvalue weighted by Gasteiger charge is -2.13. The molecule has 0 amide bonds. The Kier molecular flexibility index (Phi) is 4.36. The van der Waals surface area contributed by atoms with Crippen LogP contribution in [0.25, 0.3) is 0 Å². The Morgan fingerprint density at radius 3 is 2.88 bits per heavy atom. The molecule has 4 heteroatoms. The molecule has 0 aliphatic carbocycles. The number of likely N-dealkylation sites (tertiary alicyclic amines) is 1. The van der Waals surface area contributed by atoms with Gasteiger partial charge in [-0.05, 0) is 45.9 Å². The fraction of sp³-hybridized carbons (Fsp3) is 0.750. The predicted octanol–water partition coefficient (Wildman–Crippen LogP) is 1.09. The van der Waals surface area contributed by atoms with E-state index in [2.05, 4.69) is 26.0 Å². The average molecular weight is 222 g/mol. The number of nitrogens with one attached hydrogen (secondary N) is 1. The highest BCUT2D eigenvalue weighted by Crippen LogP contribution is 2.08. The lowest BCUT2D eigenvalue weighted by atomic mass is 10.4. The number of imidazole rings is 1. The van der Waals surface area contributed by atoms with Crippen molar-refractivity contribution in [1.29, 1.82) is 0 Å². The van der Waals surface area contributed by atoms with E-state index in [0.29, 0.717) is 0 Å². The van der Waals surface area contributed by atoms with Gasteiger partial charge in [0, 0.05) is 19.3 Å². The van der Waals surface area contributed by atoms with E-state index in [9.17, 15) is 0 Å². The van der Waals surface area contributed by atoms with E-state index in [0.717, 1.165) is 18.8 Å². The molecule has 0 aromatic carbocycles. The van der Waals surface area contributed by atoms with Crippen molar-refractivity contribution in [1.82, 2.24) is 19.8 Å². The van der Waals surface area contributed by atoms with Crippen molar-refractivity contribution < 1.29 is 0 Å². The number of aromatic nitrogens is 2. The summed E-state index contributed by atoms with van der Waals surface area (Å²) in [5.41, 5.74) is 1.13. The molecule has 0 radical (unpaired) electrons. The predicted molar refractivity (Wildman–Crippen MR) is 65.3 cm³/mol. The first-order valence-corrected chi connectivity index (χ1v) is 6.26. The molecule has 1 saturated heterocycles. The van der Waals surface area contributed by atoms with Crippen LogP contribution < -0.4 is 5.32 Å². The van der Waals surface area contributed by atoms with Gasteiger partial charge in [-0.2, -0.15) is 0 Å². The molecule has 1 aromatic heterocycles. The molecule has 0 atom stereocenters. The summed E-state index contributed by atoms with van der Waals surface area (Å²) in [7, 11) is 1.95. The van der Waals surface area contributed by atoms with E-state index in [-0.39, 0.29) is 0 Å². The zero-order valence-corrected chi connectivity index (χ0v) is 10.2. The molecule has 0 spiro atoms. The summed E-state index contributed by atoms with van der Waals surface area (Å²) in [6, 6.07) is 0. The van der Waals surface area contributed by atoms with Crippen molar-refractivity contribution in [3.05, 3.63) is 18.2 Å². The lowest BCUT2D eigenvalue weighted by Crippen LogP contribution is -2.21. The normalized spacial score (nSPS) is 17.1. The van der Waals surface area contributed by atoms with E-state index in [1.165, 1.54) is 38.9 Å². The minimum Gasteiger partial charge on any atom is -0.337 e. The van der Waals surface area contributed by atoms with E-state index >= 15 is 0 Å². The molecule has 2 heterocycles. The number of hydrogen-bond donors (Lipinski definition) is 1. The van der Waals surface area contributed by atoms with Crippen molar-refractivity contribution in [3.63, 3.8) is 0 Å². The second-order valence-corrected chi connectivity index (χ2v) is 4.54. The van der Waals surface area contributed by atoms with Crippen molar-refractivity contribution >= 4 is 0 Å². The molecule has 0 unspecified atom stereocenters. The maximum Gasteiger partial charge on any atom is 0.0949 e. The van der Waals surface area contributed by atoms with E-state index in [1.54, 1.807) is 0 Å². The molecule has 0 saturated carbocycles. The third-order valence-electron chi connectivity index (χ3n) is 3.13. The smallest absolute Gasteiger partial charge is 0.0949 e. The topological polar surface area (TPSA) is 33.1 Å². The molecule has 0 bridgehead atoms. The van der Waals surface area contributed by atoms with Gasteiger partial charge in [0.1, 0.15) is 0 Å². The van der Waals surface area contributed by atoms with Crippen LogP contribution in [0.4, 0.5) is 0 Å². The second-order valence-electron chi connectivity index (χ2n) is 4.54. The van der Waals surface area contributed by atoms with Gasteiger partial charge in [-0.15, -0.1) is 0 Å². The molecular formula is C12H22N4. The summed E-state index contributed by atoms with van der Waals surface area (Å²) in [5.74, 6) is 0. The molecule has 90 valence electrons. The largest absolute Gasteiger partial charge is 0.337 e. The lowest BCUT2D eigenvalue weighted by molar-refractivity contribution is 0.325. The maximum atomic E-state index is 4.34. The van der Waals surface area contributed by atoms with E-state index < -0.39 is 0 Å². The van der Waals surface area contributed by atoms with Crippen LogP contribution in [-0.2, 0) is 13.1 Å². The van der Waals surface area contributed by atoms with Gasteiger partial charge in [0.25, 0.3) is 0 Å². The quantitative estimate of drug-likeness (QED) is 0.782. The summed E-state index contributed by atoms with van der Waals surface area (Å²) in [6.45, 7) is 5.79. The van der Waals surface area contributed by atoms with E-state index in [1.807, 2.05) is 13.4 Å². The van der Waals surface area contributed by atoms with Gasteiger partial charge in [0.15, 0.2) is 0 Å². The third kappa shape index (κ3) is 3.32. The first-order chi connectivity index (χ1) is 7.88. The fourth-order valence-corrected chi connectivity index (χ4v) is 2.28. The summed E-state index contributed by atoms with van der Waals surface area (Å²) in [4.78, 5) is 6.90. The Hall–Kier alpha value is -0.870. The van der Waals surface area contributed by atoms with Crippen LogP contribution in [0.1, 0.15) is 25.0 Å². The Labute approximate surface area is 97.7 Å². The van der Waals surface area contributed by atoms with Gasteiger partial charge in [0.2, 0.25) is 0 Å². The maximum absolute atomic E-state index is 4.34. The molecule has 2 rings (SSSR count). The van der Waals surface area contributed by atoms with Crippen LogP contribution in [0.3, 0.4) is 0 Å². The minimum absolute atomic E-state index is 0.860. The van der Waals surface area contributed by atoms with Gasteiger partial charge in [-0.3, -0.25) is 0 Å². The zero-order chi connectivity index (χ0) is 11.2. The molecule has 1 aromatic rings. The first kappa shape index (κ1) is 11.6. The number of hydrogen-bond acceptors (Lipinski definition) is 3. The van der Waals surface area contributed by atoms with Crippen LogP contribution in [0.5, 0.6) is 0 Å². The molecule has 1 aliphatic rings. The number of rotatable bonds is 6. The van der Waals surface area contributed by atoms with Crippen molar-refractivity contribution in [2.45, 2.75) is 32.4 Å². The highest BCUT2D eigenvalue weighted by molar-refractivity contribution is 4.95. The Morgan fingerprint density at radius 2 is 2.12 bits per heavy atom. The van der Waals surface area contributed by atoms with Crippen LogP contribution in [0, 0.1) is 0 Å². The van der Waals surface area contributed by atoms with Gasteiger partial charge in [-0.1, -0.05) is 0 Å². The van der Waals surface area contributed by atoms with Crippen LogP contribution in [0.2, 0.25) is 0 Å². The monoisotopic (exact) mass is 222 g/mol. The Bertz CT molecular complexity index is 302. The number of aryl methyl sites for hydroxylation is 1. The van der Waals surface area contributed by atoms with Gasteiger partial charge >= 0.3 is 0 Å². The third-order valence-corrected chi connectivity index (χ3v) is 3.13.